The number of hydrogen-bond donors (Lipinski definition) is 1. The molecule has 0 amide bonds. The van der Waals surface area contributed by atoms with Gasteiger partial charge in [-0.1, -0.05) is 0 Å². The van der Waals surface area contributed by atoms with Crippen LogP contribution in [0.2, 0.25) is 0 Å². The van der Waals surface area contributed by atoms with E-state index in [4.69, 9.17) is 10.2 Å². The van der Waals surface area contributed by atoms with Gasteiger partial charge in [-0.3, -0.25) is 4.68 Å². The maximum atomic E-state index is 5.64. The van der Waals surface area contributed by atoms with Crippen LogP contribution < -0.4 is 5.73 Å². The fourth-order valence-electron chi connectivity index (χ4n) is 1.17. The van der Waals surface area contributed by atoms with Gasteiger partial charge in [-0.15, -0.1) is 0 Å². The van der Waals surface area contributed by atoms with Crippen LogP contribution in [-0.2, 0) is 7.05 Å². The molecule has 2 heterocycles. The lowest BCUT2D eigenvalue weighted by atomic mass is 10.3. The second-order valence-electron chi connectivity index (χ2n) is 2.99. The van der Waals surface area contributed by atoms with Gasteiger partial charge in [0, 0.05) is 13.1 Å². The van der Waals surface area contributed by atoms with Crippen molar-refractivity contribution >= 4 is 5.82 Å². The van der Waals surface area contributed by atoms with Crippen LogP contribution in [0.1, 0.15) is 5.76 Å². The van der Waals surface area contributed by atoms with E-state index in [1.807, 2.05) is 19.1 Å². The standard InChI is InChI=1S/C9H11N3O/c1-6-3-4-8(13-6)7-5-9(10)12(2)11-7/h3-5H,10H2,1-2H3. The number of nitrogens with two attached hydrogens (primary N) is 1. The van der Waals surface area contributed by atoms with Crippen LogP contribution in [0.15, 0.2) is 22.6 Å². The van der Waals surface area contributed by atoms with E-state index in [0.717, 1.165) is 17.2 Å². The van der Waals surface area contributed by atoms with E-state index >= 15 is 0 Å². The Hall–Kier alpha value is -1.71. The van der Waals surface area contributed by atoms with Gasteiger partial charge in [0.2, 0.25) is 0 Å². The third-order valence-electron chi connectivity index (χ3n) is 1.91. The van der Waals surface area contributed by atoms with Crippen molar-refractivity contribution in [1.29, 1.82) is 0 Å². The summed E-state index contributed by atoms with van der Waals surface area (Å²) in [6.45, 7) is 1.90. The molecule has 0 unspecified atom stereocenters. The molecule has 0 saturated carbocycles. The number of hydrogen-bond acceptors (Lipinski definition) is 3. The average Bonchev–Trinajstić information content (AvgIpc) is 2.61. The van der Waals surface area contributed by atoms with E-state index in [1.54, 1.807) is 17.8 Å². The van der Waals surface area contributed by atoms with Gasteiger partial charge in [-0.25, -0.2) is 0 Å². The van der Waals surface area contributed by atoms with E-state index in [2.05, 4.69) is 5.10 Å². The molecule has 4 heteroatoms. The van der Waals surface area contributed by atoms with Crippen molar-refractivity contribution in [3.8, 4) is 11.5 Å². The molecule has 4 nitrogen and oxygen atoms in total. The monoisotopic (exact) mass is 177 g/mol. The summed E-state index contributed by atoms with van der Waals surface area (Å²) in [7, 11) is 1.80. The highest BCUT2D eigenvalue weighted by atomic mass is 16.3. The van der Waals surface area contributed by atoms with Crippen molar-refractivity contribution in [3.63, 3.8) is 0 Å². The Balaban J connectivity index is 2.46. The van der Waals surface area contributed by atoms with Crippen LogP contribution in [0, 0.1) is 6.92 Å². The lowest BCUT2D eigenvalue weighted by Gasteiger charge is -1.89. The predicted octanol–water partition coefficient (Wildman–Crippen LogP) is 1.57. The topological polar surface area (TPSA) is 57.0 Å². The zero-order valence-electron chi connectivity index (χ0n) is 7.61. The molecule has 0 aliphatic heterocycles. The number of anilines is 1. The van der Waals surface area contributed by atoms with Gasteiger partial charge >= 0.3 is 0 Å². The van der Waals surface area contributed by atoms with Crippen molar-refractivity contribution in [2.75, 3.05) is 5.73 Å². The second kappa shape index (κ2) is 2.65. The Bertz CT molecular complexity index is 408. The molecule has 68 valence electrons. The molecule has 0 bridgehead atoms. The Morgan fingerprint density at radius 2 is 2.23 bits per heavy atom. The van der Waals surface area contributed by atoms with E-state index in [9.17, 15) is 0 Å². The summed E-state index contributed by atoms with van der Waals surface area (Å²) in [5.74, 6) is 2.26. The first-order valence-corrected chi connectivity index (χ1v) is 4.03. The van der Waals surface area contributed by atoms with Crippen molar-refractivity contribution < 1.29 is 4.42 Å². The zero-order chi connectivity index (χ0) is 9.42. The largest absolute Gasteiger partial charge is 0.460 e. The molecule has 0 spiro atoms. The minimum atomic E-state index is 0.629. The summed E-state index contributed by atoms with van der Waals surface area (Å²) in [5.41, 5.74) is 6.41. The average molecular weight is 177 g/mol. The van der Waals surface area contributed by atoms with Crippen molar-refractivity contribution in [2.24, 2.45) is 7.05 Å². The highest BCUT2D eigenvalue weighted by Gasteiger charge is 2.07. The molecule has 0 aromatic carbocycles. The quantitative estimate of drug-likeness (QED) is 0.719. The van der Waals surface area contributed by atoms with Crippen LogP contribution in [0.25, 0.3) is 11.5 Å². The predicted molar refractivity (Wildman–Crippen MR) is 50.1 cm³/mol. The minimum Gasteiger partial charge on any atom is -0.460 e. The smallest absolute Gasteiger partial charge is 0.154 e. The molecular weight excluding hydrogens is 166 g/mol. The fourth-order valence-corrected chi connectivity index (χ4v) is 1.17. The van der Waals surface area contributed by atoms with Gasteiger partial charge in [0.1, 0.15) is 17.3 Å². The molecule has 0 saturated heterocycles. The molecule has 0 radical (unpaired) electrons. The summed E-state index contributed by atoms with van der Waals surface area (Å²) >= 11 is 0. The maximum Gasteiger partial charge on any atom is 0.154 e. The lowest BCUT2D eigenvalue weighted by molar-refractivity contribution is 0.545. The number of nitrogen functional groups attached to an aromatic ring is 1. The molecule has 2 rings (SSSR count). The summed E-state index contributed by atoms with van der Waals surface area (Å²) in [5, 5.41) is 4.19. The summed E-state index contributed by atoms with van der Waals surface area (Å²) in [6.07, 6.45) is 0. The van der Waals surface area contributed by atoms with Crippen molar-refractivity contribution in [3.05, 3.63) is 24.0 Å². The molecule has 2 aromatic heterocycles. The fraction of sp³-hybridized carbons (Fsp3) is 0.222. The normalized spacial score (nSPS) is 10.6. The van der Waals surface area contributed by atoms with E-state index in [0.29, 0.717) is 5.82 Å². The highest BCUT2D eigenvalue weighted by Crippen LogP contribution is 2.21. The van der Waals surface area contributed by atoms with Gasteiger partial charge in [0.05, 0.1) is 0 Å². The van der Waals surface area contributed by atoms with Gasteiger partial charge in [0.15, 0.2) is 5.76 Å². The molecule has 13 heavy (non-hydrogen) atoms. The Morgan fingerprint density at radius 3 is 2.69 bits per heavy atom. The maximum absolute atomic E-state index is 5.64. The van der Waals surface area contributed by atoms with Gasteiger partial charge in [-0.2, -0.15) is 5.10 Å². The molecule has 2 N–H and O–H groups in total. The first kappa shape index (κ1) is 7.91. The molecule has 0 fully saturated rings. The molecular formula is C9H11N3O. The number of aryl methyl sites for hydroxylation is 2. The van der Waals surface area contributed by atoms with Crippen LogP contribution in [0.3, 0.4) is 0 Å². The number of rotatable bonds is 1. The first-order chi connectivity index (χ1) is 6.16. The molecule has 0 aliphatic carbocycles. The minimum absolute atomic E-state index is 0.629. The van der Waals surface area contributed by atoms with Crippen molar-refractivity contribution in [1.82, 2.24) is 9.78 Å². The third kappa shape index (κ3) is 1.30. The third-order valence-corrected chi connectivity index (χ3v) is 1.91. The second-order valence-corrected chi connectivity index (χ2v) is 2.99. The first-order valence-electron chi connectivity index (χ1n) is 4.03. The Kier molecular flexibility index (Phi) is 1.62. The van der Waals surface area contributed by atoms with Gasteiger partial charge in [0.25, 0.3) is 0 Å². The van der Waals surface area contributed by atoms with Crippen molar-refractivity contribution in [2.45, 2.75) is 6.92 Å². The molecule has 0 aliphatic rings. The van der Waals surface area contributed by atoms with Crippen LogP contribution >= 0.6 is 0 Å². The lowest BCUT2D eigenvalue weighted by Crippen LogP contribution is -1.96. The summed E-state index contributed by atoms with van der Waals surface area (Å²) < 4.78 is 7.02. The molecule has 2 aromatic rings. The number of aromatic nitrogens is 2. The summed E-state index contributed by atoms with van der Waals surface area (Å²) in [6, 6.07) is 5.58. The summed E-state index contributed by atoms with van der Waals surface area (Å²) in [4.78, 5) is 0. The van der Waals surface area contributed by atoms with Crippen LogP contribution in [-0.4, -0.2) is 9.78 Å². The molecule has 0 atom stereocenters. The Labute approximate surface area is 76.0 Å². The van der Waals surface area contributed by atoms with E-state index in [-0.39, 0.29) is 0 Å². The van der Waals surface area contributed by atoms with Crippen LogP contribution in [0.5, 0.6) is 0 Å². The van der Waals surface area contributed by atoms with Gasteiger partial charge in [-0.05, 0) is 19.1 Å². The SMILES string of the molecule is Cc1ccc(-c2cc(N)n(C)n2)o1. The van der Waals surface area contributed by atoms with E-state index in [1.165, 1.54) is 0 Å². The number of nitrogens with zero attached hydrogens (tertiary/aromatic N) is 2. The van der Waals surface area contributed by atoms with Crippen LogP contribution in [0.4, 0.5) is 5.82 Å². The Morgan fingerprint density at radius 1 is 1.46 bits per heavy atom. The zero-order valence-corrected chi connectivity index (χ0v) is 7.61. The highest BCUT2D eigenvalue weighted by molar-refractivity contribution is 5.56. The number of furan rings is 1. The van der Waals surface area contributed by atoms with E-state index < -0.39 is 0 Å². The van der Waals surface area contributed by atoms with Gasteiger partial charge < -0.3 is 10.2 Å².